The molecule has 0 aliphatic heterocycles. The lowest BCUT2D eigenvalue weighted by Gasteiger charge is -2.03. The van der Waals surface area contributed by atoms with Crippen molar-refractivity contribution in [2.75, 3.05) is 6.54 Å². The number of hydrogen-bond acceptors (Lipinski definition) is 4. The summed E-state index contributed by atoms with van der Waals surface area (Å²) in [5.41, 5.74) is 6.29. The van der Waals surface area contributed by atoms with Crippen molar-refractivity contribution in [3.8, 4) is 11.4 Å². The lowest BCUT2D eigenvalue weighted by molar-refractivity contribution is 0.347. The first-order chi connectivity index (χ1) is 8.64. The average Bonchev–Trinajstić information content (AvgIpc) is 3.00. The van der Waals surface area contributed by atoms with Gasteiger partial charge in [-0.1, -0.05) is 5.16 Å². The Hall–Kier alpha value is -1.27. The fourth-order valence-corrected chi connectivity index (χ4v) is 2.40. The summed E-state index contributed by atoms with van der Waals surface area (Å²) < 4.78 is 18.9. The number of nitrogens with two attached hydrogens (primary N) is 1. The van der Waals surface area contributed by atoms with Crippen molar-refractivity contribution >= 4 is 15.9 Å². The number of nitrogens with zero attached hydrogens (tertiary/aromatic N) is 2. The lowest BCUT2D eigenvalue weighted by atomic mass is 10.1. The maximum Gasteiger partial charge on any atom is 0.234 e. The van der Waals surface area contributed by atoms with Gasteiger partial charge in [0.05, 0.1) is 5.41 Å². The summed E-state index contributed by atoms with van der Waals surface area (Å²) in [5.74, 6) is 0.725. The van der Waals surface area contributed by atoms with Gasteiger partial charge in [-0.3, -0.25) is 0 Å². The van der Waals surface area contributed by atoms with Crippen LogP contribution in [0.1, 0.15) is 18.7 Å². The third-order valence-electron chi connectivity index (χ3n) is 3.30. The Balaban J connectivity index is 1.98. The van der Waals surface area contributed by atoms with Crippen molar-refractivity contribution in [2.45, 2.75) is 18.3 Å². The van der Waals surface area contributed by atoms with Gasteiger partial charge in [-0.05, 0) is 47.0 Å². The molecule has 2 aromatic rings. The zero-order valence-corrected chi connectivity index (χ0v) is 11.1. The minimum atomic E-state index is -0.310. The topological polar surface area (TPSA) is 64.9 Å². The molecule has 1 fully saturated rings. The van der Waals surface area contributed by atoms with Crippen molar-refractivity contribution in [1.82, 2.24) is 10.1 Å². The van der Waals surface area contributed by atoms with Crippen molar-refractivity contribution < 1.29 is 8.91 Å². The summed E-state index contributed by atoms with van der Waals surface area (Å²) in [6.07, 6.45) is 1.96. The van der Waals surface area contributed by atoms with E-state index in [0.29, 0.717) is 28.3 Å². The standard InChI is InChI=1S/C12H11BrFN3O/c13-9-5-7(14)1-2-8(9)10-16-11(18-17-10)12(6-15)3-4-12/h1-2,5H,3-4,6,15H2. The highest BCUT2D eigenvalue weighted by Crippen LogP contribution is 2.46. The summed E-state index contributed by atoms with van der Waals surface area (Å²) in [5, 5.41) is 3.94. The molecule has 2 N–H and O–H groups in total. The number of aromatic nitrogens is 2. The van der Waals surface area contributed by atoms with Crippen LogP contribution >= 0.6 is 15.9 Å². The monoisotopic (exact) mass is 311 g/mol. The lowest BCUT2D eigenvalue weighted by Crippen LogP contribution is -2.19. The van der Waals surface area contributed by atoms with Gasteiger partial charge in [0.2, 0.25) is 11.7 Å². The van der Waals surface area contributed by atoms with Crippen molar-refractivity contribution in [1.29, 1.82) is 0 Å². The van der Waals surface area contributed by atoms with E-state index in [2.05, 4.69) is 26.1 Å². The predicted molar refractivity (Wildman–Crippen MR) is 67.4 cm³/mol. The first-order valence-electron chi connectivity index (χ1n) is 5.64. The Kier molecular flexibility index (Phi) is 2.71. The SMILES string of the molecule is NCC1(c2nc(-c3ccc(F)cc3Br)no2)CC1. The molecule has 94 valence electrons. The van der Waals surface area contributed by atoms with Gasteiger partial charge in [-0.15, -0.1) is 0 Å². The van der Waals surface area contributed by atoms with Crippen molar-refractivity contribution in [2.24, 2.45) is 5.73 Å². The summed E-state index contributed by atoms with van der Waals surface area (Å²) >= 11 is 3.29. The Morgan fingerprint density at radius 2 is 2.22 bits per heavy atom. The van der Waals surface area contributed by atoms with Crippen LogP contribution in [0.5, 0.6) is 0 Å². The van der Waals surface area contributed by atoms with Crippen LogP contribution in [0.4, 0.5) is 4.39 Å². The summed E-state index contributed by atoms with van der Waals surface area (Å²) in [4.78, 5) is 4.37. The third-order valence-corrected chi connectivity index (χ3v) is 3.95. The molecule has 1 aromatic heterocycles. The first kappa shape index (κ1) is 11.8. The fourth-order valence-electron chi connectivity index (χ4n) is 1.88. The van der Waals surface area contributed by atoms with Gasteiger partial charge in [0.25, 0.3) is 0 Å². The summed E-state index contributed by atoms with van der Waals surface area (Å²) in [6, 6.07) is 4.36. The maximum atomic E-state index is 13.0. The van der Waals surface area contributed by atoms with E-state index in [0.717, 1.165) is 12.8 Å². The van der Waals surface area contributed by atoms with Gasteiger partial charge in [-0.25, -0.2) is 4.39 Å². The molecule has 4 nitrogen and oxygen atoms in total. The van der Waals surface area contributed by atoms with E-state index in [-0.39, 0.29) is 11.2 Å². The molecule has 0 radical (unpaired) electrons. The van der Waals surface area contributed by atoms with E-state index in [1.807, 2.05) is 0 Å². The number of halogens is 2. The van der Waals surface area contributed by atoms with Crippen LogP contribution in [-0.4, -0.2) is 16.7 Å². The quantitative estimate of drug-likeness (QED) is 0.946. The van der Waals surface area contributed by atoms with E-state index in [9.17, 15) is 4.39 Å². The second-order valence-corrected chi connectivity index (χ2v) is 5.39. The number of benzene rings is 1. The maximum absolute atomic E-state index is 13.0. The van der Waals surface area contributed by atoms with Crippen LogP contribution in [0.3, 0.4) is 0 Å². The van der Waals surface area contributed by atoms with Gasteiger partial charge >= 0.3 is 0 Å². The van der Waals surface area contributed by atoms with E-state index in [4.69, 9.17) is 10.3 Å². The molecular weight excluding hydrogens is 301 g/mol. The Labute approximate surface area is 112 Å². The minimum absolute atomic E-state index is 0.127. The van der Waals surface area contributed by atoms with E-state index >= 15 is 0 Å². The molecule has 0 spiro atoms. The average molecular weight is 312 g/mol. The normalized spacial score (nSPS) is 16.8. The Morgan fingerprint density at radius 1 is 1.44 bits per heavy atom. The molecule has 6 heteroatoms. The van der Waals surface area contributed by atoms with E-state index < -0.39 is 0 Å². The van der Waals surface area contributed by atoms with Gasteiger partial charge in [0.15, 0.2) is 0 Å². The van der Waals surface area contributed by atoms with Crippen LogP contribution in [0.25, 0.3) is 11.4 Å². The van der Waals surface area contributed by atoms with Crippen molar-refractivity contribution in [3.63, 3.8) is 0 Å². The molecule has 1 aliphatic carbocycles. The molecule has 3 rings (SSSR count). The predicted octanol–water partition coefficient (Wildman–Crippen LogP) is 2.63. The molecule has 0 atom stereocenters. The zero-order valence-electron chi connectivity index (χ0n) is 9.49. The number of rotatable bonds is 3. The van der Waals surface area contributed by atoms with Gasteiger partial charge in [-0.2, -0.15) is 4.98 Å². The zero-order chi connectivity index (χ0) is 12.8. The summed E-state index contributed by atoms with van der Waals surface area (Å²) in [7, 11) is 0. The van der Waals surface area contributed by atoms with Crippen molar-refractivity contribution in [3.05, 3.63) is 34.4 Å². The number of hydrogen-bond donors (Lipinski definition) is 1. The van der Waals surface area contributed by atoms with Crippen LogP contribution in [0.2, 0.25) is 0 Å². The van der Waals surface area contributed by atoms with Crippen LogP contribution in [0.15, 0.2) is 27.2 Å². The highest BCUT2D eigenvalue weighted by atomic mass is 79.9. The molecule has 1 aliphatic rings. The fraction of sp³-hybridized carbons (Fsp3) is 0.333. The van der Waals surface area contributed by atoms with Crippen LogP contribution < -0.4 is 5.73 Å². The smallest absolute Gasteiger partial charge is 0.234 e. The molecule has 0 unspecified atom stereocenters. The van der Waals surface area contributed by atoms with Gasteiger partial charge < -0.3 is 10.3 Å². The van der Waals surface area contributed by atoms with E-state index in [1.165, 1.54) is 12.1 Å². The second-order valence-electron chi connectivity index (χ2n) is 4.53. The molecule has 18 heavy (non-hydrogen) atoms. The highest BCUT2D eigenvalue weighted by molar-refractivity contribution is 9.10. The molecule has 0 bridgehead atoms. The molecule has 1 heterocycles. The van der Waals surface area contributed by atoms with Gasteiger partial charge in [0, 0.05) is 16.6 Å². The Morgan fingerprint density at radius 3 is 2.83 bits per heavy atom. The minimum Gasteiger partial charge on any atom is -0.338 e. The molecule has 1 saturated carbocycles. The molecule has 0 saturated heterocycles. The molecule has 1 aromatic carbocycles. The molecule has 0 amide bonds. The van der Waals surface area contributed by atoms with Gasteiger partial charge in [0.1, 0.15) is 5.82 Å². The third kappa shape index (κ3) is 1.85. The Bertz CT molecular complexity index is 595. The first-order valence-corrected chi connectivity index (χ1v) is 6.44. The second kappa shape index (κ2) is 4.13. The summed E-state index contributed by atoms with van der Waals surface area (Å²) in [6.45, 7) is 0.513. The van der Waals surface area contributed by atoms with E-state index in [1.54, 1.807) is 6.07 Å². The van der Waals surface area contributed by atoms with Crippen LogP contribution in [0, 0.1) is 5.82 Å². The largest absolute Gasteiger partial charge is 0.338 e. The highest BCUT2D eigenvalue weighted by Gasteiger charge is 2.48. The molecular formula is C12H11BrFN3O. The van der Waals surface area contributed by atoms with Crippen LogP contribution in [-0.2, 0) is 5.41 Å².